The van der Waals surface area contributed by atoms with Crippen molar-refractivity contribution in [3.05, 3.63) is 31.7 Å². The van der Waals surface area contributed by atoms with Gasteiger partial charge in [-0.05, 0) is 12.8 Å². The van der Waals surface area contributed by atoms with E-state index in [2.05, 4.69) is 19.6 Å². The molecule has 0 aliphatic heterocycles. The Labute approximate surface area is 109 Å². The molecule has 0 heteroatoms. The van der Waals surface area contributed by atoms with Crippen molar-refractivity contribution in [2.75, 3.05) is 0 Å². The molecule has 17 heavy (non-hydrogen) atoms. The summed E-state index contributed by atoms with van der Waals surface area (Å²) in [6.07, 6.45) is 22.5. The molecular weight excluding hydrogens is 204 g/mol. The Balaban J connectivity index is 2.93. The van der Waals surface area contributed by atoms with Crippen LogP contribution in [0.1, 0.15) is 77.0 Å². The van der Waals surface area contributed by atoms with Crippen LogP contribution < -0.4 is 0 Å². The lowest BCUT2D eigenvalue weighted by Crippen LogP contribution is -1.81. The van der Waals surface area contributed by atoms with Crippen LogP contribution >= 0.6 is 0 Å². The van der Waals surface area contributed by atoms with Gasteiger partial charge in [0.15, 0.2) is 0 Å². The topological polar surface area (TPSA) is 0 Å². The number of rotatable bonds is 13. The zero-order chi connectivity index (χ0) is 12.6. The van der Waals surface area contributed by atoms with E-state index in [0.29, 0.717) is 0 Å². The zero-order valence-electron chi connectivity index (χ0n) is 11.6. The lowest BCUT2D eigenvalue weighted by atomic mass is 10.1. The van der Waals surface area contributed by atoms with E-state index in [-0.39, 0.29) is 0 Å². The third kappa shape index (κ3) is 15.5. The average molecular weight is 235 g/mol. The molecule has 0 bridgehead atoms. The fourth-order valence-corrected chi connectivity index (χ4v) is 2.05. The molecule has 0 unspecified atom stereocenters. The molecule has 0 aliphatic carbocycles. The second-order valence-electron chi connectivity index (χ2n) is 4.84. The van der Waals surface area contributed by atoms with Crippen LogP contribution in [0.4, 0.5) is 0 Å². The van der Waals surface area contributed by atoms with Gasteiger partial charge in [0.2, 0.25) is 0 Å². The second-order valence-corrected chi connectivity index (χ2v) is 4.84. The van der Waals surface area contributed by atoms with Crippen molar-refractivity contribution >= 4 is 0 Å². The van der Waals surface area contributed by atoms with Crippen molar-refractivity contribution in [2.45, 2.75) is 77.0 Å². The molecule has 0 saturated heterocycles. The highest BCUT2D eigenvalue weighted by Gasteiger charge is 1.92. The smallest absolute Gasteiger partial charge is 0.0348 e. The van der Waals surface area contributed by atoms with Gasteiger partial charge >= 0.3 is 0 Å². The monoisotopic (exact) mass is 235 g/mol. The van der Waals surface area contributed by atoms with Crippen LogP contribution in [-0.2, 0) is 0 Å². The van der Waals surface area contributed by atoms with E-state index in [1.165, 1.54) is 70.6 Å². The molecule has 0 heterocycles. The van der Waals surface area contributed by atoms with Crippen LogP contribution in [0.5, 0.6) is 0 Å². The molecule has 1 radical (unpaired) electrons. The lowest BCUT2D eigenvalue weighted by Gasteiger charge is -2.01. The first-order chi connectivity index (χ1) is 8.41. The number of hydrogen-bond acceptors (Lipinski definition) is 0. The predicted molar refractivity (Wildman–Crippen MR) is 80.1 cm³/mol. The van der Waals surface area contributed by atoms with Crippen molar-refractivity contribution in [2.24, 2.45) is 0 Å². The minimum atomic E-state index is 1.11. The number of unbranched alkanes of at least 4 members (excludes halogenated alkanes) is 11. The first kappa shape index (κ1) is 16.5. The second kappa shape index (κ2) is 15.5. The third-order valence-corrected chi connectivity index (χ3v) is 3.14. The molecule has 0 atom stereocenters. The summed E-state index contributed by atoms with van der Waals surface area (Å²) < 4.78 is 0. The van der Waals surface area contributed by atoms with Gasteiger partial charge in [0, 0.05) is 0 Å². The SMILES string of the molecule is [CH2]CCCCCCCCCCCCC=CC=C. The fourth-order valence-electron chi connectivity index (χ4n) is 2.05. The molecule has 0 N–H and O–H groups in total. The molecule has 0 rings (SSSR count). The van der Waals surface area contributed by atoms with E-state index in [1.54, 1.807) is 0 Å². The van der Waals surface area contributed by atoms with Crippen molar-refractivity contribution in [1.29, 1.82) is 0 Å². The normalized spacial score (nSPS) is 11.1. The summed E-state index contributed by atoms with van der Waals surface area (Å²) in [4.78, 5) is 0. The Morgan fingerprint density at radius 1 is 0.647 bits per heavy atom. The average Bonchev–Trinajstić information content (AvgIpc) is 2.35. The van der Waals surface area contributed by atoms with Gasteiger partial charge < -0.3 is 0 Å². The van der Waals surface area contributed by atoms with Gasteiger partial charge in [-0.25, -0.2) is 0 Å². The Kier molecular flexibility index (Phi) is 15.0. The molecule has 0 aliphatic rings. The van der Waals surface area contributed by atoms with Crippen LogP contribution in [0.15, 0.2) is 24.8 Å². The summed E-state index contributed by atoms with van der Waals surface area (Å²) in [5.41, 5.74) is 0. The minimum absolute atomic E-state index is 1.11. The Morgan fingerprint density at radius 2 is 1.12 bits per heavy atom. The van der Waals surface area contributed by atoms with Crippen LogP contribution in [0.2, 0.25) is 0 Å². The standard InChI is InChI=1S/C17H31/c1-3-5-7-9-11-13-15-17-16-14-12-10-8-6-4-2/h3,5,7H,1-2,4,6,8-17H2. The molecule has 0 aromatic rings. The van der Waals surface area contributed by atoms with Gasteiger partial charge in [-0.2, -0.15) is 0 Å². The van der Waals surface area contributed by atoms with Gasteiger partial charge in [0.05, 0.1) is 0 Å². The summed E-state index contributed by atoms with van der Waals surface area (Å²) in [5, 5.41) is 0. The Hall–Kier alpha value is -0.520. The van der Waals surface area contributed by atoms with Gasteiger partial charge in [-0.1, -0.05) is 95.9 Å². The molecule has 0 saturated carbocycles. The predicted octanol–water partition coefficient (Wildman–Crippen LogP) is 6.24. The molecular formula is C17H31. The van der Waals surface area contributed by atoms with Crippen molar-refractivity contribution in [1.82, 2.24) is 0 Å². The maximum Gasteiger partial charge on any atom is -0.0348 e. The van der Waals surface area contributed by atoms with Gasteiger partial charge in [-0.15, -0.1) is 0 Å². The summed E-state index contributed by atoms with van der Waals surface area (Å²) in [6, 6.07) is 0. The Morgan fingerprint density at radius 3 is 1.59 bits per heavy atom. The zero-order valence-corrected chi connectivity index (χ0v) is 11.6. The maximum atomic E-state index is 3.87. The van der Waals surface area contributed by atoms with E-state index in [1.807, 2.05) is 12.2 Å². The van der Waals surface area contributed by atoms with Gasteiger partial charge in [0.1, 0.15) is 0 Å². The summed E-state index contributed by atoms with van der Waals surface area (Å²) >= 11 is 0. The molecule has 0 fully saturated rings. The fraction of sp³-hybridized carbons (Fsp3) is 0.706. The molecule has 0 spiro atoms. The van der Waals surface area contributed by atoms with E-state index in [4.69, 9.17) is 0 Å². The highest BCUT2D eigenvalue weighted by molar-refractivity contribution is 4.96. The molecule has 0 aromatic carbocycles. The first-order valence-electron chi connectivity index (χ1n) is 7.48. The van der Waals surface area contributed by atoms with E-state index in [9.17, 15) is 0 Å². The summed E-state index contributed by atoms with van der Waals surface area (Å²) in [6.45, 7) is 7.53. The van der Waals surface area contributed by atoms with Crippen molar-refractivity contribution in [3.63, 3.8) is 0 Å². The summed E-state index contributed by atoms with van der Waals surface area (Å²) in [7, 11) is 0. The third-order valence-electron chi connectivity index (χ3n) is 3.14. The van der Waals surface area contributed by atoms with Crippen molar-refractivity contribution < 1.29 is 0 Å². The van der Waals surface area contributed by atoms with E-state index >= 15 is 0 Å². The number of hydrogen-bond donors (Lipinski definition) is 0. The number of allylic oxidation sites excluding steroid dienone is 3. The minimum Gasteiger partial charge on any atom is -0.0991 e. The van der Waals surface area contributed by atoms with Crippen LogP contribution in [0, 0.1) is 6.92 Å². The van der Waals surface area contributed by atoms with E-state index in [0.717, 1.165) is 6.42 Å². The van der Waals surface area contributed by atoms with Crippen LogP contribution in [-0.4, -0.2) is 0 Å². The van der Waals surface area contributed by atoms with Gasteiger partial charge in [0.25, 0.3) is 0 Å². The van der Waals surface area contributed by atoms with Crippen LogP contribution in [0.3, 0.4) is 0 Å². The summed E-state index contributed by atoms with van der Waals surface area (Å²) in [5.74, 6) is 0. The maximum absolute atomic E-state index is 3.87. The highest BCUT2D eigenvalue weighted by atomic mass is 14.0. The molecule has 0 nitrogen and oxygen atoms in total. The highest BCUT2D eigenvalue weighted by Crippen LogP contribution is 2.11. The first-order valence-corrected chi connectivity index (χ1v) is 7.48. The molecule has 0 aromatic heterocycles. The van der Waals surface area contributed by atoms with Crippen LogP contribution in [0.25, 0.3) is 0 Å². The molecule has 99 valence electrons. The van der Waals surface area contributed by atoms with E-state index < -0.39 is 0 Å². The lowest BCUT2D eigenvalue weighted by molar-refractivity contribution is 0.553. The van der Waals surface area contributed by atoms with Crippen molar-refractivity contribution in [3.8, 4) is 0 Å². The Bertz CT molecular complexity index is 167. The largest absolute Gasteiger partial charge is 0.0991 e. The quantitative estimate of drug-likeness (QED) is 0.262. The molecule has 0 amide bonds. The van der Waals surface area contributed by atoms with Gasteiger partial charge in [-0.3, -0.25) is 0 Å².